The molecule has 376 valence electrons. The molecule has 0 rings (SSSR count). The summed E-state index contributed by atoms with van der Waals surface area (Å²) in [6, 6.07) is 0. The van der Waals surface area contributed by atoms with Gasteiger partial charge in [-0.1, -0.05) is 160 Å². The van der Waals surface area contributed by atoms with Crippen molar-refractivity contribution in [2.24, 2.45) is 0 Å². The predicted molar refractivity (Wildman–Crippen MR) is 280 cm³/mol. The molecule has 0 unspecified atom stereocenters. The van der Waals surface area contributed by atoms with E-state index in [0.29, 0.717) is 0 Å². The second-order valence-electron chi connectivity index (χ2n) is 17.9. The van der Waals surface area contributed by atoms with Crippen molar-refractivity contribution in [2.75, 3.05) is 73.9 Å². The van der Waals surface area contributed by atoms with E-state index in [1.54, 1.807) is 73.9 Å². The maximum atomic E-state index is 8.88. The highest BCUT2D eigenvalue weighted by molar-refractivity contribution is 7.76. The first-order chi connectivity index (χ1) is 28.7. The first-order valence-corrected chi connectivity index (χ1v) is 36.4. The lowest BCUT2D eigenvalue weighted by atomic mass is 10.4. The maximum Gasteiger partial charge on any atom is 0.466 e. The Morgan fingerprint density at radius 1 is 0.279 bits per heavy atom. The third-order valence-electron chi connectivity index (χ3n) is 11.8. The molecule has 0 amide bonds. The van der Waals surface area contributed by atoms with E-state index in [1.165, 1.54) is 154 Å². The fourth-order valence-corrected chi connectivity index (χ4v) is 23.8. The van der Waals surface area contributed by atoms with E-state index in [9.17, 15) is 0 Å². The Hall–Kier alpha value is 1.51. The van der Waals surface area contributed by atoms with Crippen LogP contribution < -0.4 is 14.7 Å². The highest BCUT2D eigenvalue weighted by atomic mass is 31.2. The molecule has 0 atom stereocenters. The molecule has 0 heterocycles. The van der Waals surface area contributed by atoms with Gasteiger partial charge in [0.25, 0.3) is 0 Å². The van der Waals surface area contributed by atoms with Crippen molar-refractivity contribution in [3.8, 4) is 0 Å². The molecule has 0 aromatic carbocycles. The second-order valence-corrected chi connectivity index (χ2v) is 33.2. The van der Waals surface area contributed by atoms with Gasteiger partial charge in [-0.2, -0.15) is 7.82 Å². The Morgan fingerprint density at radius 3 is 0.393 bits per heavy atom. The molecule has 0 saturated carbocycles. The van der Waals surface area contributed by atoms with E-state index < -0.39 is 37.4 Å². The molecular weight excluding hydrogens is 859 g/mol. The summed E-state index contributed by atoms with van der Waals surface area (Å²) in [6.45, 7) is 28.3. The zero-order chi connectivity index (χ0) is 48.0. The lowest BCUT2D eigenvalue weighted by molar-refractivity contribution is -0.432. The summed E-state index contributed by atoms with van der Waals surface area (Å²) in [5, 5.41) is 0. The van der Waals surface area contributed by atoms with Gasteiger partial charge in [-0.05, 0) is 77.0 Å². The Labute approximate surface area is 385 Å². The van der Waals surface area contributed by atoms with Crippen LogP contribution in [0.15, 0.2) is 0 Å². The zero-order valence-electron chi connectivity index (χ0n) is 43.1. The van der Waals surface area contributed by atoms with Crippen molar-refractivity contribution in [2.45, 2.75) is 237 Å². The van der Waals surface area contributed by atoms with E-state index in [2.05, 4.69) is 83.1 Å². The lowest BCUT2D eigenvalue weighted by Gasteiger charge is -2.36. The van der Waals surface area contributed by atoms with Gasteiger partial charge in [0.15, 0.2) is 0 Å². The molecule has 13 heteroatoms. The Kier molecular flexibility index (Phi) is 57.9. The molecule has 0 aliphatic heterocycles. The van der Waals surface area contributed by atoms with Gasteiger partial charge in [0.2, 0.25) is 0 Å². The van der Waals surface area contributed by atoms with Crippen molar-refractivity contribution in [1.82, 2.24) is 0 Å². The predicted octanol–water partition coefficient (Wildman–Crippen LogP) is 14.9. The van der Waals surface area contributed by atoms with Gasteiger partial charge < -0.3 is 33.9 Å². The number of unbranched alkanes of at least 4 members (excludes halogenated alkanes) is 12. The topological polar surface area (TPSA) is 164 Å². The molecule has 0 radical (unpaired) electrons. The third kappa shape index (κ3) is 57.6. The maximum absolute atomic E-state index is 8.88. The molecule has 61 heavy (non-hydrogen) atoms. The van der Waals surface area contributed by atoms with Gasteiger partial charge in [0.1, 0.15) is 0 Å². The fourth-order valence-electron chi connectivity index (χ4n) is 7.93. The van der Waals surface area contributed by atoms with Crippen LogP contribution in [0.2, 0.25) is 0 Å². The van der Waals surface area contributed by atoms with Gasteiger partial charge in [-0.3, -0.25) is 0 Å². The molecule has 0 bridgehead atoms. The molecule has 3 N–H and O–H groups in total. The van der Waals surface area contributed by atoms with Crippen LogP contribution in [-0.4, -0.2) is 88.6 Å². The van der Waals surface area contributed by atoms with E-state index in [4.69, 9.17) is 38.5 Å². The van der Waals surface area contributed by atoms with Gasteiger partial charge in [0.05, 0.1) is 73.9 Å². The lowest BCUT2D eigenvalue weighted by Crippen LogP contribution is -2.24. The fraction of sp³-hybridized carbons (Fsp3) is 1.00. The Bertz CT molecular complexity index is 712. The smallest absolute Gasteiger partial charge is 0.466 e. The van der Waals surface area contributed by atoms with E-state index >= 15 is 0 Å². The number of hydrogen-bond donors (Lipinski definition) is 3. The summed E-state index contributed by atoms with van der Waals surface area (Å²) in [5.41, 5.74) is 0. The van der Waals surface area contributed by atoms with Gasteiger partial charge in [-0.15, -0.1) is 0 Å². The van der Waals surface area contributed by atoms with Crippen molar-refractivity contribution >= 4 is 37.4 Å². The van der Waals surface area contributed by atoms with Crippen LogP contribution >= 0.6 is 37.4 Å². The largest absolute Gasteiger partial charge is 0.822 e. The number of hydrogen-bond acceptors (Lipinski definition) is 5. The van der Waals surface area contributed by atoms with E-state index in [0.717, 1.165) is 0 Å². The quantitative estimate of drug-likeness (QED) is 0.0522. The second kappa shape index (κ2) is 49.4. The van der Waals surface area contributed by atoms with Crippen molar-refractivity contribution < 1.29 is 38.5 Å². The van der Waals surface area contributed by atoms with Crippen LogP contribution in [0.5, 0.6) is 0 Å². The normalized spacial score (nSPS) is 12.0. The first kappa shape index (κ1) is 71.5. The van der Waals surface area contributed by atoms with Crippen LogP contribution in [0.1, 0.15) is 237 Å². The SMILES string of the molecule is CCCC[P+](CCCC)(CCCC)CCCC.CCCC[P+](CCCC)(CCCC)CCCC.CCCC[P+](CCCC)(CCCC)CCCC.O=P(O)(O)O.O=P([O-])([O-])[O-]. The average molecular weight is 971 g/mol. The standard InChI is InChI=1S/3C16H36P.2H3O4P/c3*1-5-9-13-17(14-10-6-2,15-11-7-3)16-12-8-4;2*1-5(2,3)4/h3*5-16H2,1-4H3;2*(H3,1,2,3,4)/q3*+1;;/p-3. The Morgan fingerprint density at radius 2 is 0.344 bits per heavy atom. The van der Waals surface area contributed by atoms with E-state index in [-0.39, 0.29) is 0 Å². The van der Waals surface area contributed by atoms with Crippen molar-refractivity contribution in [3.05, 3.63) is 0 Å². The minimum Gasteiger partial charge on any atom is -0.822 e. The molecule has 0 aromatic rings. The average Bonchev–Trinajstić information content (AvgIpc) is 3.21. The zero-order valence-corrected chi connectivity index (χ0v) is 47.5. The van der Waals surface area contributed by atoms with Crippen LogP contribution in [0.4, 0.5) is 0 Å². The third-order valence-corrected chi connectivity index (χ3v) is 27.0. The first-order valence-electron chi connectivity index (χ1n) is 25.8. The van der Waals surface area contributed by atoms with Crippen LogP contribution in [0.25, 0.3) is 0 Å². The summed E-state index contributed by atoms with van der Waals surface area (Å²) in [4.78, 5) is 47.2. The molecule has 0 aliphatic carbocycles. The minimum atomic E-state index is -5.39. The van der Waals surface area contributed by atoms with Crippen LogP contribution in [-0.2, 0) is 9.13 Å². The molecular formula is C48H111O8P5. The molecule has 8 nitrogen and oxygen atoms in total. The summed E-state index contributed by atoms with van der Waals surface area (Å²) >= 11 is 0. The van der Waals surface area contributed by atoms with E-state index in [1.807, 2.05) is 0 Å². The number of phosphoric acid groups is 2. The molecule has 0 saturated heterocycles. The molecule has 0 fully saturated rings. The molecule has 0 aliphatic rings. The minimum absolute atomic E-state index is 0.562. The Balaban J connectivity index is -0.000000230. The summed E-state index contributed by atoms with van der Waals surface area (Å²) in [6.07, 6.45) is 53.8. The monoisotopic (exact) mass is 971 g/mol. The highest BCUT2D eigenvalue weighted by Crippen LogP contribution is 2.63. The molecule has 0 spiro atoms. The van der Waals surface area contributed by atoms with Gasteiger partial charge in [0, 0.05) is 21.8 Å². The van der Waals surface area contributed by atoms with Crippen LogP contribution in [0.3, 0.4) is 0 Å². The number of rotatable bonds is 36. The summed E-state index contributed by atoms with van der Waals surface area (Å²) < 4.78 is 17.4. The van der Waals surface area contributed by atoms with Gasteiger partial charge in [-0.25, -0.2) is 4.57 Å². The molecule has 0 aromatic heterocycles. The van der Waals surface area contributed by atoms with Gasteiger partial charge >= 0.3 is 7.82 Å². The van der Waals surface area contributed by atoms with Crippen LogP contribution in [0, 0.1) is 0 Å². The summed E-state index contributed by atoms with van der Waals surface area (Å²) in [5.74, 6) is 0. The summed E-state index contributed by atoms with van der Waals surface area (Å²) in [7, 11) is -11.7. The van der Waals surface area contributed by atoms with Crippen molar-refractivity contribution in [3.63, 3.8) is 0 Å². The highest BCUT2D eigenvalue weighted by Gasteiger charge is 2.36. The van der Waals surface area contributed by atoms with Crippen molar-refractivity contribution in [1.29, 1.82) is 0 Å².